The zero-order chi connectivity index (χ0) is 15.5. The lowest BCUT2D eigenvalue weighted by Crippen LogP contribution is -2.23. The molecule has 112 valence electrons. The average Bonchev–Trinajstić information content (AvgIpc) is 2.46. The summed E-state index contributed by atoms with van der Waals surface area (Å²) in [7, 11) is 1.63. The van der Waals surface area contributed by atoms with Crippen LogP contribution in [0.25, 0.3) is 0 Å². The van der Waals surface area contributed by atoms with E-state index in [9.17, 15) is 5.11 Å². The fourth-order valence-corrected chi connectivity index (χ4v) is 2.67. The van der Waals surface area contributed by atoms with Gasteiger partial charge in [-0.3, -0.25) is 0 Å². The van der Waals surface area contributed by atoms with Crippen molar-refractivity contribution in [3.63, 3.8) is 0 Å². The third kappa shape index (κ3) is 3.45. The van der Waals surface area contributed by atoms with Gasteiger partial charge in [0.25, 0.3) is 0 Å². The van der Waals surface area contributed by atoms with Crippen molar-refractivity contribution in [3.05, 3.63) is 65.2 Å². The molecular weight excluding hydrogens is 260 g/mol. The Morgan fingerprint density at radius 2 is 1.81 bits per heavy atom. The highest BCUT2D eigenvalue weighted by molar-refractivity contribution is 5.44. The van der Waals surface area contributed by atoms with Crippen LogP contribution in [0.2, 0.25) is 0 Å². The molecule has 0 radical (unpaired) electrons. The molecule has 0 aliphatic carbocycles. The quantitative estimate of drug-likeness (QED) is 0.893. The lowest BCUT2D eigenvalue weighted by atomic mass is 9.86. The second kappa shape index (κ2) is 6.31. The van der Waals surface area contributed by atoms with Crippen molar-refractivity contribution >= 4 is 0 Å². The maximum absolute atomic E-state index is 11.0. The number of ether oxygens (including phenoxy) is 1. The minimum Gasteiger partial charge on any atom is -0.496 e. The molecule has 0 spiro atoms. The van der Waals surface area contributed by atoms with Crippen LogP contribution in [0.5, 0.6) is 5.75 Å². The van der Waals surface area contributed by atoms with Gasteiger partial charge in [0.15, 0.2) is 0 Å². The van der Waals surface area contributed by atoms with Gasteiger partial charge >= 0.3 is 0 Å². The first-order valence-electron chi connectivity index (χ1n) is 7.40. The van der Waals surface area contributed by atoms with Gasteiger partial charge in [-0.25, -0.2) is 0 Å². The van der Waals surface area contributed by atoms with Crippen LogP contribution in [0.4, 0.5) is 0 Å². The Labute approximate surface area is 127 Å². The van der Waals surface area contributed by atoms with Crippen LogP contribution in [-0.4, -0.2) is 12.2 Å². The van der Waals surface area contributed by atoms with E-state index >= 15 is 0 Å². The Kier molecular flexibility index (Phi) is 4.69. The minimum absolute atomic E-state index is 0.594. The third-order valence-corrected chi connectivity index (χ3v) is 3.76. The molecule has 0 bridgehead atoms. The van der Waals surface area contributed by atoms with Crippen molar-refractivity contribution in [2.45, 2.75) is 32.8 Å². The fraction of sp³-hybridized carbons (Fsp3) is 0.368. The van der Waals surface area contributed by atoms with Gasteiger partial charge in [-0.2, -0.15) is 0 Å². The lowest BCUT2D eigenvalue weighted by Gasteiger charge is -2.27. The zero-order valence-electron chi connectivity index (χ0n) is 13.3. The Hall–Kier alpha value is -1.80. The van der Waals surface area contributed by atoms with E-state index in [1.54, 1.807) is 7.11 Å². The van der Waals surface area contributed by atoms with Crippen LogP contribution >= 0.6 is 0 Å². The first-order chi connectivity index (χ1) is 9.95. The van der Waals surface area contributed by atoms with E-state index in [1.807, 2.05) is 43.3 Å². The first-order valence-corrected chi connectivity index (χ1v) is 7.40. The highest BCUT2D eigenvalue weighted by atomic mass is 16.5. The average molecular weight is 284 g/mol. The largest absolute Gasteiger partial charge is 0.496 e. The van der Waals surface area contributed by atoms with Crippen molar-refractivity contribution in [1.29, 1.82) is 0 Å². The maximum atomic E-state index is 11.0. The van der Waals surface area contributed by atoms with Crippen molar-refractivity contribution < 1.29 is 9.84 Å². The number of hydrogen-bond acceptors (Lipinski definition) is 2. The molecule has 2 heteroatoms. The molecule has 0 saturated carbocycles. The number of para-hydroxylation sites is 1. The Morgan fingerprint density at radius 1 is 1.10 bits per heavy atom. The van der Waals surface area contributed by atoms with E-state index in [4.69, 9.17) is 4.74 Å². The van der Waals surface area contributed by atoms with E-state index in [1.165, 1.54) is 5.56 Å². The molecule has 21 heavy (non-hydrogen) atoms. The van der Waals surface area contributed by atoms with E-state index in [-0.39, 0.29) is 0 Å². The molecule has 2 aromatic rings. The predicted molar refractivity (Wildman–Crippen MR) is 86.7 cm³/mol. The predicted octanol–water partition coefficient (Wildman–Crippen LogP) is 4.15. The molecule has 0 heterocycles. The summed E-state index contributed by atoms with van der Waals surface area (Å²) in [5, 5.41) is 11.0. The Bertz CT molecular complexity index is 600. The van der Waals surface area contributed by atoms with Crippen LogP contribution in [0.1, 0.15) is 37.5 Å². The lowest BCUT2D eigenvalue weighted by molar-refractivity contribution is 0.0988. The molecule has 1 unspecified atom stereocenters. The normalized spacial score (nSPS) is 14.0. The number of rotatable bonds is 5. The van der Waals surface area contributed by atoms with Gasteiger partial charge < -0.3 is 9.84 Å². The summed E-state index contributed by atoms with van der Waals surface area (Å²) >= 11 is 0. The van der Waals surface area contributed by atoms with Gasteiger partial charge in [0, 0.05) is 5.56 Å². The minimum atomic E-state index is -1.07. The van der Waals surface area contributed by atoms with Gasteiger partial charge in [-0.15, -0.1) is 0 Å². The van der Waals surface area contributed by atoms with E-state index in [0.29, 0.717) is 11.7 Å². The molecule has 2 aromatic carbocycles. The van der Waals surface area contributed by atoms with Crippen LogP contribution in [-0.2, 0) is 12.0 Å². The van der Waals surface area contributed by atoms with E-state index in [2.05, 4.69) is 26.0 Å². The smallest absolute Gasteiger partial charge is 0.125 e. The molecule has 2 nitrogen and oxygen atoms in total. The molecule has 0 aromatic heterocycles. The summed E-state index contributed by atoms with van der Waals surface area (Å²) in [6, 6.07) is 15.8. The summed E-state index contributed by atoms with van der Waals surface area (Å²) in [6.45, 7) is 6.22. The highest BCUT2D eigenvalue weighted by Gasteiger charge is 2.28. The molecule has 1 N–H and O–H groups in total. The summed E-state index contributed by atoms with van der Waals surface area (Å²) in [6.07, 6.45) is 1.01. The van der Waals surface area contributed by atoms with Crippen molar-refractivity contribution in [2.24, 2.45) is 5.92 Å². The van der Waals surface area contributed by atoms with Gasteiger partial charge in [0.1, 0.15) is 11.4 Å². The number of methoxy groups -OCH3 is 1. The molecule has 2 rings (SSSR count). The monoisotopic (exact) mass is 284 g/mol. The number of hydrogen-bond donors (Lipinski definition) is 1. The van der Waals surface area contributed by atoms with Crippen LogP contribution in [0.15, 0.2) is 48.5 Å². The summed E-state index contributed by atoms with van der Waals surface area (Å²) < 4.78 is 5.39. The molecule has 0 fully saturated rings. The highest BCUT2D eigenvalue weighted by Crippen LogP contribution is 2.35. The summed E-state index contributed by atoms with van der Waals surface area (Å²) in [5.41, 5.74) is 1.86. The maximum Gasteiger partial charge on any atom is 0.125 e. The Balaban J connectivity index is 2.43. The standard InChI is InChI=1S/C19H24O2/c1-14(2)12-15-8-7-9-16(13-15)19(3,20)17-10-5-6-11-18(17)21-4/h5-11,13-14,20H,12H2,1-4H3. The van der Waals surface area contributed by atoms with Gasteiger partial charge in [-0.05, 0) is 36.5 Å². The van der Waals surface area contributed by atoms with Gasteiger partial charge in [-0.1, -0.05) is 56.3 Å². The molecule has 0 saturated heterocycles. The second-order valence-corrected chi connectivity index (χ2v) is 6.07. The van der Waals surface area contributed by atoms with Crippen molar-refractivity contribution in [3.8, 4) is 5.75 Å². The molecular formula is C19H24O2. The molecule has 0 aliphatic heterocycles. The summed E-state index contributed by atoms with van der Waals surface area (Å²) in [5.74, 6) is 1.30. The van der Waals surface area contributed by atoms with E-state index < -0.39 is 5.60 Å². The SMILES string of the molecule is COc1ccccc1C(C)(O)c1cccc(CC(C)C)c1. The zero-order valence-corrected chi connectivity index (χ0v) is 13.3. The fourth-order valence-electron chi connectivity index (χ4n) is 2.67. The van der Waals surface area contributed by atoms with Gasteiger partial charge in [0.2, 0.25) is 0 Å². The van der Waals surface area contributed by atoms with Crippen LogP contribution < -0.4 is 4.74 Å². The third-order valence-electron chi connectivity index (χ3n) is 3.76. The van der Waals surface area contributed by atoms with Crippen LogP contribution in [0.3, 0.4) is 0 Å². The van der Waals surface area contributed by atoms with Crippen molar-refractivity contribution in [1.82, 2.24) is 0 Å². The number of benzene rings is 2. The molecule has 0 amide bonds. The van der Waals surface area contributed by atoms with Gasteiger partial charge in [0.05, 0.1) is 7.11 Å². The summed E-state index contributed by atoms with van der Waals surface area (Å²) in [4.78, 5) is 0. The van der Waals surface area contributed by atoms with Crippen molar-refractivity contribution in [2.75, 3.05) is 7.11 Å². The van der Waals surface area contributed by atoms with Crippen LogP contribution in [0, 0.1) is 5.92 Å². The first kappa shape index (κ1) is 15.6. The number of aliphatic hydroxyl groups is 1. The van der Waals surface area contributed by atoms with E-state index in [0.717, 1.165) is 17.5 Å². The molecule has 0 aliphatic rings. The Morgan fingerprint density at radius 3 is 2.48 bits per heavy atom. The second-order valence-electron chi connectivity index (χ2n) is 6.07. The topological polar surface area (TPSA) is 29.5 Å². The molecule has 1 atom stereocenters.